The smallest absolute Gasteiger partial charge is 0.122 e. The van der Waals surface area contributed by atoms with Crippen molar-refractivity contribution >= 4 is 15.9 Å². The Bertz CT molecular complexity index is 425. The van der Waals surface area contributed by atoms with Crippen LogP contribution in [0.15, 0.2) is 16.6 Å². The molecule has 19 heavy (non-hydrogen) atoms. The fraction of sp³-hybridized carbons (Fsp3) is 0.625. The van der Waals surface area contributed by atoms with Crippen molar-refractivity contribution in [3.8, 4) is 5.75 Å². The molecular formula is C16H24BrNO. The third-order valence-electron chi connectivity index (χ3n) is 3.99. The molecule has 0 radical (unpaired) electrons. The minimum Gasteiger partial charge on any atom is -0.496 e. The molecule has 0 saturated carbocycles. The van der Waals surface area contributed by atoms with E-state index in [-0.39, 0.29) is 0 Å². The van der Waals surface area contributed by atoms with E-state index in [1.165, 1.54) is 28.4 Å². The summed E-state index contributed by atoms with van der Waals surface area (Å²) in [6.45, 7) is 6.73. The fourth-order valence-corrected chi connectivity index (χ4v) is 3.65. The van der Waals surface area contributed by atoms with E-state index >= 15 is 0 Å². The van der Waals surface area contributed by atoms with Crippen molar-refractivity contribution in [3.63, 3.8) is 0 Å². The normalized spacial score (nSPS) is 16.9. The van der Waals surface area contributed by atoms with Crippen LogP contribution in [0.25, 0.3) is 0 Å². The van der Waals surface area contributed by atoms with Gasteiger partial charge in [0.05, 0.1) is 7.11 Å². The molecular weight excluding hydrogens is 302 g/mol. The van der Waals surface area contributed by atoms with E-state index in [1.807, 2.05) is 0 Å². The van der Waals surface area contributed by atoms with Crippen LogP contribution < -0.4 is 10.1 Å². The van der Waals surface area contributed by atoms with E-state index in [1.54, 1.807) is 7.11 Å². The molecule has 1 N–H and O–H groups in total. The lowest BCUT2D eigenvalue weighted by molar-refractivity contribution is 0.361. The number of nitrogens with one attached hydrogen (secondary N) is 1. The highest BCUT2D eigenvalue weighted by Gasteiger charge is 2.17. The minimum atomic E-state index is 0.510. The molecule has 0 bridgehead atoms. The van der Waals surface area contributed by atoms with Crippen molar-refractivity contribution in [2.24, 2.45) is 5.92 Å². The van der Waals surface area contributed by atoms with Crippen LogP contribution in [0.5, 0.6) is 5.75 Å². The lowest BCUT2D eigenvalue weighted by Crippen LogP contribution is -2.28. The van der Waals surface area contributed by atoms with Crippen molar-refractivity contribution in [2.45, 2.75) is 39.0 Å². The Hall–Kier alpha value is -0.540. The van der Waals surface area contributed by atoms with E-state index < -0.39 is 0 Å². The summed E-state index contributed by atoms with van der Waals surface area (Å²) in [5.74, 6) is 2.34. The first-order valence-electron chi connectivity index (χ1n) is 7.18. The first kappa shape index (κ1) is 14.9. The van der Waals surface area contributed by atoms with Crippen molar-refractivity contribution < 1.29 is 4.74 Å². The highest BCUT2D eigenvalue weighted by molar-refractivity contribution is 9.10. The van der Waals surface area contributed by atoms with Crippen LogP contribution in [0.4, 0.5) is 0 Å². The summed E-state index contributed by atoms with van der Waals surface area (Å²) in [7, 11) is 1.78. The van der Waals surface area contributed by atoms with Crippen LogP contribution in [-0.2, 0) is 6.42 Å². The van der Waals surface area contributed by atoms with E-state index in [0.29, 0.717) is 5.92 Å². The van der Waals surface area contributed by atoms with Gasteiger partial charge in [-0.3, -0.25) is 0 Å². The summed E-state index contributed by atoms with van der Waals surface area (Å²) in [5, 5.41) is 3.42. The van der Waals surface area contributed by atoms with Gasteiger partial charge in [-0.2, -0.15) is 0 Å². The van der Waals surface area contributed by atoms with Gasteiger partial charge in [0, 0.05) is 4.47 Å². The first-order chi connectivity index (χ1) is 9.11. The van der Waals surface area contributed by atoms with Gasteiger partial charge in [0.25, 0.3) is 0 Å². The Morgan fingerprint density at radius 1 is 1.32 bits per heavy atom. The Morgan fingerprint density at radius 2 is 2.00 bits per heavy atom. The topological polar surface area (TPSA) is 21.3 Å². The third-order valence-corrected chi connectivity index (χ3v) is 4.68. The van der Waals surface area contributed by atoms with Crippen LogP contribution >= 0.6 is 15.9 Å². The first-order valence-corrected chi connectivity index (χ1v) is 7.98. The molecule has 0 aliphatic carbocycles. The summed E-state index contributed by atoms with van der Waals surface area (Å²) < 4.78 is 6.81. The summed E-state index contributed by atoms with van der Waals surface area (Å²) in [6, 6.07) is 4.46. The summed E-state index contributed by atoms with van der Waals surface area (Å²) in [6.07, 6.45) is 3.67. The van der Waals surface area contributed by atoms with Crippen molar-refractivity contribution in [2.75, 3.05) is 20.2 Å². The van der Waals surface area contributed by atoms with Gasteiger partial charge >= 0.3 is 0 Å². The highest BCUT2D eigenvalue weighted by atomic mass is 79.9. The summed E-state index contributed by atoms with van der Waals surface area (Å²) >= 11 is 3.71. The Kier molecular flexibility index (Phi) is 5.28. The van der Waals surface area contributed by atoms with Crippen LogP contribution in [-0.4, -0.2) is 20.2 Å². The highest BCUT2D eigenvalue weighted by Crippen LogP contribution is 2.34. The Balaban J connectivity index is 2.21. The zero-order chi connectivity index (χ0) is 13.8. The maximum atomic E-state index is 5.60. The molecule has 3 heteroatoms. The van der Waals surface area contributed by atoms with E-state index in [0.717, 1.165) is 31.2 Å². The molecule has 1 heterocycles. The van der Waals surface area contributed by atoms with Gasteiger partial charge in [0.2, 0.25) is 0 Å². The second-order valence-corrected chi connectivity index (χ2v) is 6.59. The molecule has 0 unspecified atom stereocenters. The van der Waals surface area contributed by atoms with Gasteiger partial charge in [0.15, 0.2) is 0 Å². The van der Waals surface area contributed by atoms with E-state index in [9.17, 15) is 0 Å². The second-order valence-electron chi connectivity index (χ2n) is 5.74. The molecule has 1 aliphatic heterocycles. The average molecular weight is 326 g/mol. The number of hydrogen-bond donors (Lipinski definition) is 1. The number of piperidine rings is 1. The van der Waals surface area contributed by atoms with Gasteiger partial charge in [-0.05, 0) is 67.4 Å². The number of methoxy groups -OCH3 is 1. The van der Waals surface area contributed by atoms with Gasteiger partial charge in [-0.25, -0.2) is 0 Å². The molecule has 0 spiro atoms. The number of hydrogen-bond acceptors (Lipinski definition) is 2. The lowest BCUT2D eigenvalue weighted by atomic mass is 9.89. The van der Waals surface area contributed by atoms with Gasteiger partial charge in [0.1, 0.15) is 5.75 Å². The predicted octanol–water partition coefficient (Wildman–Crippen LogP) is 4.12. The largest absolute Gasteiger partial charge is 0.496 e. The fourth-order valence-electron chi connectivity index (χ4n) is 2.80. The maximum absolute atomic E-state index is 5.60. The van der Waals surface area contributed by atoms with Gasteiger partial charge in [-0.1, -0.05) is 29.8 Å². The predicted molar refractivity (Wildman–Crippen MR) is 84.1 cm³/mol. The number of rotatable bonds is 4. The summed E-state index contributed by atoms with van der Waals surface area (Å²) in [4.78, 5) is 0. The number of benzene rings is 1. The van der Waals surface area contributed by atoms with Gasteiger partial charge in [-0.15, -0.1) is 0 Å². The molecule has 0 atom stereocenters. The molecule has 0 amide bonds. The molecule has 1 fully saturated rings. The maximum Gasteiger partial charge on any atom is 0.122 e. The Morgan fingerprint density at radius 3 is 2.58 bits per heavy atom. The van der Waals surface area contributed by atoms with Gasteiger partial charge < -0.3 is 10.1 Å². The number of halogens is 1. The second kappa shape index (κ2) is 6.76. The lowest BCUT2D eigenvalue weighted by Gasteiger charge is -2.24. The molecule has 0 aromatic heterocycles. The van der Waals surface area contributed by atoms with Crippen molar-refractivity contribution in [1.82, 2.24) is 5.32 Å². The SMILES string of the molecule is COc1cc(C(C)C)c(Br)cc1CC1CCNCC1. The molecule has 106 valence electrons. The molecule has 2 nitrogen and oxygen atoms in total. The summed E-state index contributed by atoms with van der Waals surface area (Å²) in [5.41, 5.74) is 2.66. The standard InChI is InChI=1S/C16H24BrNO/c1-11(2)14-10-16(19-3)13(9-15(14)17)8-12-4-6-18-7-5-12/h9-12,18H,4-8H2,1-3H3. The molecule has 2 rings (SSSR count). The molecule has 1 saturated heterocycles. The third kappa shape index (κ3) is 3.73. The Labute approximate surface area is 125 Å². The van der Waals surface area contributed by atoms with E-state index in [2.05, 4.69) is 47.2 Å². The molecule has 1 aromatic carbocycles. The quantitative estimate of drug-likeness (QED) is 0.898. The van der Waals surface area contributed by atoms with Crippen molar-refractivity contribution in [1.29, 1.82) is 0 Å². The zero-order valence-electron chi connectivity index (χ0n) is 12.1. The monoisotopic (exact) mass is 325 g/mol. The average Bonchev–Trinajstić information content (AvgIpc) is 2.39. The van der Waals surface area contributed by atoms with E-state index in [4.69, 9.17) is 4.74 Å². The zero-order valence-corrected chi connectivity index (χ0v) is 13.7. The number of ether oxygens (including phenoxy) is 1. The van der Waals surface area contributed by atoms with Crippen molar-refractivity contribution in [3.05, 3.63) is 27.7 Å². The molecule has 1 aliphatic rings. The molecule has 1 aromatic rings. The van der Waals surface area contributed by atoms with Crippen LogP contribution in [0, 0.1) is 5.92 Å². The van der Waals surface area contributed by atoms with Crippen LogP contribution in [0.2, 0.25) is 0 Å². The minimum absolute atomic E-state index is 0.510. The van der Waals surface area contributed by atoms with Crippen LogP contribution in [0.1, 0.15) is 43.7 Å². The van der Waals surface area contributed by atoms with Crippen LogP contribution in [0.3, 0.4) is 0 Å².